The Morgan fingerprint density at radius 1 is 1.52 bits per heavy atom. The second kappa shape index (κ2) is 6.48. The van der Waals surface area contributed by atoms with Gasteiger partial charge in [-0.2, -0.15) is 0 Å². The minimum atomic E-state index is -0.333. The number of allylic oxidation sites excluding steroid dienone is 1. The first kappa shape index (κ1) is 15.8. The van der Waals surface area contributed by atoms with Crippen LogP contribution in [0.1, 0.15) is 32.5 Å². The van der Waals surface area contributed by atoms with E-state index in [2.05, 4.69) is 14.9 Å². The second-order valence-electron chi connectivity index (χ2n) is 4.75. The average Bonchev–Trinajstić information content (AvgIpc) is 2.99. The lowest BCUT2D eigenvalue weighted by Crippen LogP contribution is -2.48. The molecule has 1 aliphatic heterocycles. The van der Waals surface area contributed by atoms with Crippen LogP contribution in [0.2, 0.25) is 0 Å². The highest BCUT2D eigenvalue weighted by Crippen LogP contribution is 2.30. The number of carbonyl (C=O) groups is 1. The second-order valence-corrected chi connectivity index (χ2v) is 5.74. The van der Waals surface area contributed by atoms with Crippen LogP contribution in [0.5, 0.6) is 0 Å². The molecule has 0 radical (unpaired) electrons. The van der Waals surface area contributed by atoms with Crippen molar-refractivity contribution in [3.63, 3.8) is 0 Å². The molecule has 1 amide bonds. The van der Waals surface area contributed by atoms with Crippen LogP contribution in [0, 0.1) is 0 Å². The predicted molar refractivity (Wildman–Crippen MR) is 86.8 cm³/mol. The molecule has 114 valence electrons. The van der Waals surface area contributed by atoms with Gasteiger partial charge in [0, 0.05) is 31.2 Å². The lowest BCUT2D eigenvalue weighted by molar-refractivity contribution is -0.127. The molecule has 0 bridgehead atoms. The number of aromatic nitrogens is 2. The van der Waals surface area contributed by atoms with Gasteiger partial charge in [-0.1, -0.05) is 4.49 Å². The quantitative estimate of drug-likeness (QED) is 0.848. The summed E-state index contributed by atoms with van der Waals surface area (Å²) in [5, 5.41) is 9.72. The van der Waals surface area contributed by atoms with Crippen molar-refractivity contribution >= 4 is 34.8 Å². The van der Waals surface area contributed by atoms with Crippen LogP contribution in [-0.2, 0) is 4.79 Å². The van der Waals surface area contributed by atoms with Crippen LogP contribution >= 0.6 is 23.8 Å². The first-order valence-electron chi connectivity index (χ1n) is 6.82. The Kier molecular flexibility index (Phi) is 4.89. The van der Waals surface area contributed by atoms with E-state index in [1.54, 1.807) is 4.90 Å². The molecule has 2 rings (SSSR count). The minimum Gasteiger partial charge on any atom is -0.349 e. The van der Waals surface area contributed by atoms with E-state index >= 15 is 0 Å². The van der Waals surface area contributed by atoms with Crippen molar-refractivity contribution in [2.24, 2.45) is 0 Å². The topological polar surface area (TPSA) is 61.4 Å². The Morgan fingerprint density at radius 2 is 2.19 bits per heavy atom. The lowest BCUT2D eigenvalue weighted by atomic mass is 9.98. The van der Waals surface area contributed by atoms with E-state index in [4.69, 9.17) is 12.2 Å². The van der Waals surface area contributed by atoms with Crippen LogP contribution < -0.4 is 5.32 Å². The van der Waals surface area contributed by atoms with E-state index in [1.807, 2.05) is 38.1 Å². The standard InChI is InChI=1S/C13H19N5OS2/c1-5-18(6-2)12(19)10-8(3)17(4)13(20)14-11(10)9-7-21-16-15-9/h7,11H,5-6H2,1-4H3,(H,14,20)/t11-/m0/s1. The number of rotatable bonds is 4. The number of hydrogen-bond acceptors (Lipinski definition) is 5. The maximum absolute atomic E-state index is 12.8. The Labute approximate surface area is 134 Å². The van der Waals surface area contributed by atoms with Crippen molar-refractivity contribution in [1.82, 2.24) is 24.7 Å². The number of likely N-dealkylation sites (N-methyl/N-ethyl adjacent to an activating group) is 1. The molecule has 1 N–H and O–H groups in total. The van der Waals surface area contributed by atoms with Gasteiger partial charge in [0.25, 0.3) is 5.91 Å². The zero-order valence-electron chi connectivity index (χ0n) is 12.6. The van der Waals surface area contributed by atoms with E-state index in [0.717, 1.165) is 11.4 Å². The Hall–Kier alpha value is -1.54. The molecule has 0 unspecified atom stereocenters. The van der Waals surface area contributed by atoms with Gasteiger partial charge in [0.05, 0.1) is 5.57 Å². The summed E-state index contributed by atoms with van der Waals surface area (Å²) in [5.41, 5.74) is 2.27. The van der Waals surface area contributed by atoms with Gasteiger partial charge >= 0.3 is 0 Å². The van der Waals surface area contributed by atoms with E-state index in [1.165, 1.54) is 11.5 Å². The molecule has 1 aromatic rings. The summed E-state index contributed by atoms with van der Waals surface area (Å²) in [5.74, 6) is 0.0114. The number of nitrogens with zero attached hydrogens (tertiary/aromatic N) is 4. The third-order valence-corrected chi connectivity index (χ3v) is 4.62. The molecule has 0 saturated heterocycles. The largest absolute Gasteiger partial charge is 0.349 e. The summed E-state index contributed by atoms with van der Waals surface area (Å²) in [4.78, 5) is 16.5. The maximum Gasteiger partial charge on any atom is 0.254 e. The van der Waals surface area contributed by atoms with Gasteiger partial charge in [-0.15, -0.1) is 5.10 Å². The number of hydrogen-bond donors (Lipinski definition) is 1. The maximum atomic E-state index is 12.8. The summed E-state index contributed by atoms with van der Waals surface area (Å²) in [6.45, 7) is 7.20. The predicted octanol–water partition coefficient (Wildman–Crippen LogP) is 1.54. The molecule has 21 heavy (non-hydrogen) atoms. The highest BCUT2D eigenvalue weighted by atomic mass is 32.1. The third-order valence-electron chi connectivity index (χ3n) is 3.71. The molecule has 0 spiro atoms. The molecule has 8 heteroatoms. The highest BCUT2D eigenvalue weighted by molar-refractivity contribution is 7.80. The molecule has 0 aliphatic carbocycles. The molecule has 1 aromatic heterocycles. The third kappa shape index (κ3) is 2.91. The van der Waals surface area contributed by atoms with Crippen LogP contribution in [0.15, 0.2) is 16.7 Å². The van der Waals surface area contributed by atoms with E-state index in [9.17, 15) is 4.79 Å². The molecule has 6 nitrogen and oxygen atoms in total. The van der Waals surface area contributed by atoms with Gasteiger partial charge in [-0.3, -0.25) is 4.79 Å². The van der Waals surface area contributed by atoms with Crippen molar-refractivity contribution in [2.75, 3.05) is 20.1 Å². The monoisotopic (exact) mass is 325 g/mol. The van der Waals surface area contributed by atoms with Crippen LogP contribution in [0.25, 0.3) is 0 Å². The van der Waals surface area contributed by atoms with Crippen LogP contribution in [-0.4, -0.2) is 50.5 Å². The van der Waals surface area contributed by atoms with Gasteiger partial charge in [-0.05, 0) is 44.5 Å². The van der Waals surface area contributed by atoms with E-state index in [0.29, 0.717) is 23.8 Å². The van der Waals surface area contributed by atoms with Crippen molar-refractivity contribution in [1.29, 1.82) is 0 Å². The highest BCUT2D eigenvalue weighted by Gasteiger charge is 2.35. The zero-order valence-corrected chi connectivity index (χ0v) is 14.2. The molecule has 0 aromatic carbocycles. The summed E-state index contributed by atoms with van der Waals surface area (Å²) in [7, 11) is 1.86. The molecular formula is C13H19N5OS2. The van der Waals surface area contributed by atoms with Gasteiger partial charge in [0.2, 0.25) is 0 Å². The van der Waals surface area contributed by atoms with Gasteiger partial charge in [-0.25, -0.2) is 0 Å². The summed E-state index contributed by atoms with van der Waals surface area (Å²) in [6, 6.07) is -0.333. The van der Waals surface area contributed by atoms with Crippen molar-refractivity contribution in [2.45, 2.75) is 26.8 Å². The smallest absolute Gasteiger partial charge is 0.254 e. The first-order chi connectivity index (χ1) is 10.0. The lowest BCUT2D eigenvalue weighted by Gasteiger charge is -2.36. The molecular weight excluding hydrogens is 306 g/mol. The summed E-state index contributed by atoms with van der Waals surface area (Å²) < 4.78 is 3.89. The minimum absolute atomic E-state index is 0.0114. The van der Waals surface area contributed by atoms with Crippen molar-refractivity contribution < 1.29 is 4.79 Å². The van der Waals surface area contributed by atoms with Crippen LogP contribution in [0.4, 0.5) is 0 Å². The SMILES string of the molecule is CCN(CC)C(=O)C1=C(C)N(C)C(=S)N[C@H]1c1csnn1. The number of amides is 1. The molecule has 0 fully saturated rings. The fourth-order valence-electron chi connectivity index (χ4n) is 2.31. The number of carbonyl (C=O) groups excluding carboxylic acids is 1. The zero-order chi connectivity index (χ0) is 15.6. The van der Waals surface area contributed by atoms with Gasteiger partial charge < -0.3 is 15.1 Å². The number of thiocarbonyl (C=S) groups is 1. The molecule has 1 aliphatic rings. The fraction of sp³-hybridized carbons (Fsp3) is 0.538. The summed E-state index contributed by atoms with van der Waals surface area (Å²) in [6.07, 6.45) is 0. The molecule has 1 atom stereocenters. The van der Waals surface area contributed by atoms with Crippen molar-refractivity contribution in [3.05, 3.63) is 22.3 Å². The molecule has 0 saturated carbocycles. The first-order valence-corrected chi connectivity index (χ1v) is 8.06. The van der Waals surface area contributed by atoms with Gasteiger partial charge in [0.15, 0.2) is 5.11 Å². The Morgan fingerprint density at radius 3 is 2.71 bits per heavy atom. The fourth-order valence-corrected chi connectivity index (χ4v) is 3.05. The normalized spacial score (nSPS) is 18.8. The van der Waals surface area contributed by atoms with Crippen LogP contribution in [0.3, 0.4) is 0 Å². The summed E-state index contributed by atoms with van der Waals surface area (Å²) >= 11 is 6.59. The van der Waals surface area contributed by atoms with Gasteiger partial charge in [0.1, 0.15) is 11.7 Å². The van der Waals surface area contributed by atoms with E-state index in [-0.39, 0.29) is 11.9 Å². The Bertz CT molecular complexity index is 565. The number of nitrogens with one attached hydrogen (secondary N) is 1. The average molecular weight is 325 g/mol. The molecule has 2 heterocycles. The van der Waals surface area contributed by atoms with E-state index < -0.39 is 0 Å². The van der Waals surface area contributed by atoms with Crippen molar-refractivity contribution in [3.8, 4) is 0 Å². The Balaban J connectivity index is 2.48.